The van der Waals surface area contributed by atoms with Gasteiger partial charge in [0, 0.05) is 5.56 Å². The summed E-state index contributed by atoms with van der Waals surface area (Å²) in [4.78, 5) is 10.8. The highest BCUT2D eigenvalue weighted by Gasteiger charge is 2.51. The van der Waals surface area contributed by atoms with E-state index in [-0.39, 0.29) is 5.56 Å². The predicted molar refractivity (Wildman–Crippen MR) is 57.9 cm³/mol. The smallest absolute Gasteiger partial charge is 0.323 e. The van der Waals surface area contributed by atoms with Crippen LogP contribution in [0, 0.1) is 0 Å². The monoisotopic (exact) mass is 241 g/mol. The Hall–Kier alpha value is -1.49. The van der Waals surface area contributed by atoms with Gasteiger partial charge in [0.2, 0.25) is 0 Å². The van der Waals surface area contributed by atoms with E-state index in [1.165, 1.54) is 24.3 Å². The molecule has 0 aliphatic heterocycles. The number of nitrogens with one attached hydrogen (secondary N) is 1. The minimum Gasteiger partial charge on any atom is -0.480 e. The van der Waals surface area contributed by atoms with Gasteiger partial charge in [-0.3, -0.25) is 10.1 Å². The van der Waals surface area contributed by atoms with Crippen LogP contribution in [0.5, 0.6) is 0 Å². The molecule has 1 aliphatic carbocycles. The molecule has 1 fully saturated rings. The van der Waals surface area contributed by atoms with Crippen molar-refractivity contribution in [3.05, 3.63) is 35.9 Å². The molecule has 1 aromatic rings. The lowest BCUT2D eigenvalue weighted by molar-refractivity contribution is -0.141. The molecule has 3 nitrogen and oxygen atoms in total. The molecule has 0 aromatic heterocycles. The van der Waals surface area contributed by atoms with Crippen molar-refractivity contribution in [1.82, 2.24) is 5.32 Å². The zero-order chi connectivity index (χ0) is 12.5. The molecule has 1 saturated carbocycles. The molecule has 92 valence electrons. The van der Waals surface area contributed by atoms with E-state index in [2.05, 4.69) is 5.32 Å². The Morgan fingerprint density at radius 1 is 1.35 bits per heavy atom. The average Bonchev–Trinajstić information content (AvgIpc) is 3.09. The van der Waals surface area contributed by atoms with Crippen molar-refractivity contribution in [3.8, 4) is 0 Å². The summed E-state index contributed by atoms with van der Waals surface area (Å²) in [5.41, 5.74) is -1.23. The molecule has 0 saturated heterocycles. The molecule has 0 heterocycles. The fourth-order valence-electron chi connectivity index (χ4n) is 1.66. The molecule has 2 rings (SSSR count). The van der Waals surface area contributed by atoms with Crippen LogP contribution in [0.3, 0.4) is 0 Å². The molecule has 1 aliphatic rings. The number of carbonyl (C=O) groups is 1. The molecule has 0 unspecified atom stereocenters. The van der Waals surface area contributed by atoms with Gasteiger partial charge in [-0.25, -0.2) is 0 Å². The van der Waals surface area contributed by atoms with Crippen molar-refractivity contribution >= 4 is 5.97 Å². The molecule has 0 atom stereocenters. The second-order valence-electron chi connectivity index (χ2n) is 4.31. The van der Waals surface area contributed by atoms with Crippen LogP contribution >= 0.6 is 0 Å². The van der Waals surface area contributed by atoms with Crippen LogP contribution in [-0.2, 0) is 10.7 Å². The maximum Gasteiger partial charge on any atom is 0.323 e. The summed E-state index contributed by atoms with van der Waals surface area (Å²) in [7, 11) is 0. The predicted octanol–water partition coefficient (Wildman–Crippen LogP) is 1.99. The highest BCUT2D eigenvalue weighted by molar-refractivity contribution is 5.82. The van der Waals surface area contributed by atoms with Crippen LogP contribution < -0.4 is 5.32 Å². The van der Waals surface area contributed by atoms with Crippen LogP contribution in [0.4, 0.5) is 8.78 Å². The Balaban J connectivity index is 2.01. The SMILES string of the molecule is O=C(O)C1(NCC(F)(F)c2ccccc2)CC1. The largest absolute Gasteiger partial charge is 0.480 e. The summed E-state index contributed by atoms with van der Waals surface area (Å²) in [5, 5.41) is 11.3. The van der Waals surface area contributed by atoms with Gasteiger partial charge in [0.25, 0.3) is 5.92 Å². The van der Waals surface area contributed by atoms with Crippen LogP contribution in [0.25, 0.3) is 0 Å². The number of alkyl halides is 2. The van der Waals surface area contributed by atoms with Gasteiger partial charge in [0.15, 0.2) is 0 Å². The fraction of sp³-hybridized carbons (Fsp3) is 0.417. The van der Waals surface area contributed by atoms with Gasteiger partial charge in [-0.2, -0.15) is 8.78 Å². The van der Waals surface area contributed by atoms with E-state index in [0.717, 1.165) is 0 Å². The molecule has 0 spiro atoms. The zero-order valence-corrected chi connectivity index (χ0v) is 9.12. The number of carboxylic acid groups (broad SMARTS) is 1. The van der Waals surface area contributed by atoms with E-state index < -0.39 is 24.0 Å². The highest BCUT2D eigenvalue weighted by Crippen LogP contribution is 2.37. The lowest BCUT2D eigenvalue weighted by Gasteiger charge is -2.20. The first-order chi connectivity index (χ1) is 7.96. The first kappa shape index (κ1) is 12.0. The van der Waals surface area contributed by atoms with Gasteiger partial charge in [0.1, 0.15) is 5.54 Å². The zero-order valence-electron chi connectivity index (χ0n) is 9.12. The topological polar surface area (TPSA) is 49.3 Å². The van der Waals surface area contributed by atoms with Crippen molar-refractivity contribution in [3.63, 3.8) is 0 Å². The van der Waals surface area contributed by atoms with Crippen molar-refractivity contribution in [1.29, 1.82) is 0 Å². The Morgan fingerprint density at radius 2 is 1.94 bits per heavy atom. The number of rotatable bonds is 5. The van der Waals surface area contributed by atoms with Crippen molar-refractivity contribution in [2.45, 2.75) is 24.3 Å². The van der Waals surface area contributed by atoms with Gasteiger partial charge >= 0.3 is 5.97 Å². The van der Waals surface area contributed by atoms with Crippen molar-refractivity contribution < 1.29 is 18.7 Å². The van der Waals surface area contributed by atoms with Gasteiger partial charge in [-0.1, -0.05) is 30.3 Å². The molecule has 2 N–H and O–H groups in total. The quantitative estimate of drug-likeness (QED) is 0.828. The van der Waals surface area contributed by atoms with Crippen LogP contribution in [0.15, 0.2) is 30.3 Å². The lowest BCUT2D eigenvalue weighted by atomic mass is 10.1. The van der Waals surface area contributed by atoms with E-state index in [9.17, 15) is 13.6 Å². The molecule has 5 heteroatoms. The van der Waals surface area contributed by atoms with Crippen LogP contribution in [-0.4, -0.2) is 23.2 Å². The third-order valence-electron chi connectivity index (χ3n) is 3.00. The molecule has 1 aromatic carbocycles. The summed E-state index contributed by atoms with van der Waals surface area (Å²) in [5.74, 6) is -4.10. The third kappa shape index (κ3) is 2.44. The summed E-state index contributed by atoms with van der Waals surface area (Å²) in [6.45, 7) is -0.649. The van der Waals surface area contributed by atoms with E-state index in [1.54, 1.807) is 6.07 Å². The Bertz CT molecular complexity index is 416. The minimum absolute atomic E-state index is 0.103. The van der Waals surface area contributed by atoms with Gasteiger partial charge in [0.05, 0.1) is 6.54 Å². The van der Waals surface area contributed by atoms with E-state index in [1.807, 2.05) is 0 Å². The van der Waals surface area contributed by atoms with Crippen LogP contribution in [0.1, 0.15) is 18.4 Å². The van der Waals surface area contributed by atoms with Crippen molar-refractivity contribution in [2.24, 2.45) is 0 Å². The maximum atomic E-state index is 13.7. The molecular weight excluding hydrogens is 228 g/mol. The standard InChI is InChI=1S/C12H13F2NO2/c13-12(14,9-4-2-1-3-5-9)8-15-11(6-7-11)10(16)17/h1-5,15H,6-8H2,(H,16,17). The summed E-state index contributed by atoms with van der Waals surface area (Å²) < 4.78 is 27.4. The Labute approximate surface area is 97.5 Å². The summed E-state index contributed by atoms with van der Waals surface area (Å²) in [6.07, 6.45) is 0.820. The third-order valence-corrected chi connectivity index (χ3v) is 3.00. The number of aliphatic carboxylic acids is 1. The first-order valence-electron chi connectivity index (χ1n) is 5.38. The molecule has 0 bridgehead atoms. The molecule has 17 heavy (non-hydrogen) atoms. The Kier molecular flexibility index (Phi) is 2.87. The highest BCUT2D eigenvalue weighted by atomic mass is 19.3. The number of hydrogen-bond donors (Lipinski definition) is 2. The second-order valence-corrected chi connectivity index (χ2v) is 4.31. The number of carboxylic acids is 1. The Morgan fingerprint density at radius 3 is 2.41 bits per heavy atom. The van der Waals surface area contributed by atoms with Gasteiger partial charge in [-0.15, -0.1) is 0 Å². The van der Waals surface area contributed by atoms with Crippen LogP contribution in [0.2, 0.25) is 0 Å². The normalized spacial score (nSPS) is 17.8. The van der Waals surface area contributed by atoms with E-state index >= 15 is 0 Å². The maximum absolute atomic E-state index is 13.7. The molecule has 0 amide bonds. The summed E-state index contributed by atoms with van der Waals surface area (Å²) in [6, 6.07) is 7.40. The second kappa shape index (κ2) is 4.07. The van der Waals surface area contributed by atoms with Gasteiger partial charge < -0.3 is 5.11 Å². The number of hydrogen-bond acceptors (Lipinski definition) is 2. The summed E-state index contributed by atoms with van der Waals surface area (Å²) >= 11 is 0. The number of benzene rings is 1. The minimum atomic E-state index is -3.05. The van der Waals surface area contributed by atoms with E-state index in [0.29, 0.717) is 12.8 Å². The first-order valence-corrected chi connectivity index (χ1v) is 5.38. The van der Waals surface area contributed by atoms with Gasteiger partial charge in [-0.05, 0) is 12.8 Å². The molecule has 0 radical (unpaired) electrons. The fourth-order valence-corrected chi connectivity index (χ4v) is 1.66. The average molecular weight is 241 g/mol. The van der Waals surface area contributed by atoms with E-state index in [4.69, 9.17) is 5.11 Å². The van der Waals surface area contributed by atoms with Crippen molar-refractivity contribution in [2.75, 3.05) is 6.54 Å². The number of halogens is 2. The lowest BCUT2D eigenvalue weighted by Crippen LogP contribution is -2.44. The molecular formula is C12H13F2NO2.